The van der Waals surface area contributed by atoms with Gasteiger partial charge in [-0.05, 0) is 29.8 Å². The van der Waals surface area contributed by atoms with Crippen LogP contribution in [0.2, 0.25) is 0 Å². The number of pyridine rings is 1. The molecule has 1 aromatic carbocycles. The van der Waals surface area contributed by atoms with Gasteiger partial charge in [0.25, 0.3) is 0 Å². The fraction of sp³-hybridized carbons (Fsp3) is 0.0667. The highest BCUT2D eigenvalue weighted by molar-refractivity contribution is 9.10. The maximum Gasteiger partial charge on any atom is 0.148 e. The summed E-state index contributed by atoms with van der Waals surface area (Å²) >= 11 is 3.65. The molecule has 0 unspecified atom stereocenters. The normalized spacial score (nSPS) is 11.3. The van der Waals surface area contributed by atoms with Crippen LogP contribution < -0.4 is 5.32 Å². The first-order chi connectivity index (χ1) is 10.3. The Morgan fingerprint density at radius 2 is 2.14 bits per heavy atom. The lowest BCUT2D eigenvalue weighted by Gasteiger charge is -2.07. The van der Waals surface area contributed by atoms with E-state index in [4.69, 9.17) is 0 Å². The van der Waals surface area contributed by atoms with Crippen molar-refractivity contribution in [1.29, 1.82) is 0 Å². The number of nitrogens with zero attached hydrogens (tertiary/aromatic N) is 3. The molecule has 0 aliphatic heterocycles. The molecule has 5 nitrogen and oxygen atoms in total. The predicted octanol–water partition coefficient (Wildman–Crippen LogP) is 3.68. The minimum atomic E-state index is 0.854. The second kappa shape index (κ2) is 4.60. The minimum absolute atomic E-state index is 0.854. The average molecular weight is 342 g/mol. The van der Waals surface area contributed by atoms with Crippen molar-refractivity contribution < 1.29 is 0 Å². The molecule has 4 rings (SSSR count). The van der Waals surface area contributed by atoms with Gasteiger partial charge in [-0.15, -0.1) is 0 Å². The van der Waals surface area contributed by atoms with Crippen LogP contribution in [0, 0.1) is 0 Å². The number of benzene rings is 1. The number of aromatic nitrogens is 4. The standard InChI is InChI=1S/C15H12BrN5/c1-17-14-7-10-6-9(4-5-21(10)20-14)15-11-8-18-19-13(11)3-2-12(15)16/h2-8H,1H3,(H,17,20)(H,18,19). The van der Waals surface area contributed by atoms with E-state index in [1.807, 2.05) is 42.2 Å². The predicted molar refractivity (Wildman–Crippen MR) is 87.5 cm³/mol. The molecule has 0 aliphatic carbocycles. The van der Waals surface area contributed by atoms with Crippen molar-refractivity contribution in [3.05, 3.63) is 47.2 Å². The van der Waals surface area contributed by atoms with Crippen molar-refractivity contribution in [3.63, 3.8) is 0 Å². The van der Waals surface area contributed by atoms with Gasteiger partial charge in [-0.1, -0.05) is 15.9 Å². The molecule has 0 saturated carbocycles. The zero-order chi connectivity index (χ0) is 14.4. The molecule has 104 valence electrons. The molecular weight excluding hydrogens is 330 g/mol. The zero-order valence-electron chi connectivity index (χ0n) is 11.3. The molecule has 21 heavy (non-hydrogen) atoms. The lowest BCUT2D eigenvalue weighted by molar-refractivity contribution is 0.963. The molecular formula is C15H12BrN5. The third-order valence-corrected chi connectivity index (χ3v) is 4.24. The highest BCUT2D eigenvalue weighted by Gasteiger charge is 2.11. The smallest absolute Gasteiger partial charge is 0.148 e. The van der Waals surface area contributed by atoms with E-state index in [1.54, 1.807) is 0 Å². The van der Waals surface area contributed by atoms with Crippen LogP contribution in [0.25, 0.3) is 27.5 Å². The fourth-order valence-corrected chi connectivity index (χ4v) is 3.13. The van der Waals surface area contributed by atoms with Gasteiger partial charge < -0.3 is 5.32 Å². The van der Waals surface area contributed by atoms with Gasteiger partial charge in [0.15, 0.2) is 0 Å². The Labute approximate surface area is 129 Å². The second-order valence-corrected chi connectivity index (χ2v) is 5.67. The fourth-order valence-electron chi connectivity index (χ4n) is 2.56. The van der Waals surface area contributed by atoms with Gasteiger partial charge >= 0.3 is 0 Å². The number of hydrogen-bond donors (Lipinski definition) is 2. The maximum atomic E-state index is 4.42. The number of rotatable bonds is 2. The summed E-state index contributed by atoms with van der Waals surface area (Å²) in [6.07, 6.45) is 3.83. The van der Waals surface area contributed by atoms with Gasteiger partial charge in [-0.2, -0.15) is 10.2 Å². The number of H-pyrrole nitrogens is 1. The van der Waals surface area contributed by atoms with Gasteiger partial charge in [0, 0.05) is 34.7 Å². The molecule has 3 aromatic heterocycles. The van der Waals surface area contributed by atoms with Crippen molar-refractivity contribution >= 4 is 38.2 Å². The summed E-state index contributed by atoms with van der Waals surface area (Å²) in [5.41, 5.74) is 4.33. The molecule has 0 aliphatic rings. The molecule has 0 amide bonds. The van der Waals surface area contributed by atoms with Crippen LogP contribution in [0.3, 0.4) is 0 Å². The quantitative estimate of drug-likeness (QED) is 0.584. The second-order valence-electron chi connectivity index (χ2n) is 4.82. The Bertz CT molecular complexity index is 953. The van der Waals surface area contributed by atoms with Crippen LogP contribution in [0.1, 0.15) is 0 Å². The Kier molecular flexibility index (Phi) is 2.71. The van der Waals surface area contributed by atoms with E-state index in [2.05, 4.69) is 48.7 Å². The lowest BCUT2D eigenvalue weighted by atomic mass is 10.0. The Morgan fingerprint density at radius 3 is 3.00 bits per heavy atom. The summed E-state index contributed by atoms with van der Waals surface area (Å²) in [4.78, 5) is 0. The molecule has 0 spiro atoms. The molecule has 3 heterocycles. The molecule has 2 N–H and O–H groups in total. The molecule has 0 atom stereocenters. The van der Waals surface area contributed by atoms with E-state index in [0.29, 0.717) is 0 Å². The molecule has 4 aromatic rings. The first kappa shape index (κ1) is 12.4. The number of aromatic amines is 1. The van der Waals surface area contributed by atoms with Crippen molar-refractivity contribution in [1.82, 2.24) is 19.8 Å². The number of anilines is 1. The summed E-state index contributed by atoms with van der Waals surface area (Å²) in [5, 5.41) is 15.7. The van der Waals surface area contributed by atoms with Crippen LogP contribution >= 0.6 is 15.9 Å². The van der Waals surface area contributed by atoms with Crippen molar-refractivity contribution in [2.24, 2.45) is 0 Å². The molecule has 0 saturated heterocycles. The molecule has 6 heteroatoms. The number of fused-ring (bicyclic) bond motifs is 2. The third-order valence-electron chi connectivity index (χ3n) is 3.58. The van der Waals surface area contributed by atoms with Gasteiger partial charge in [0.2, 0.25) is 0 Å². The molecule has 0 bridgehead atoms. The summed E-state index contributed by atoms with van der Waals surface area (Å²) in [5.74, 6) is 0.854. The molecule has 0 fully saturated rings. The van der Waals surface area contributed by atoms with E-state index in [-0.39, 0.29) is 0 Å². The number of nitrogens with one attached hydrogen (secondary N) is 2. The first-order valence-electron chi connectivity index (χ1n) is 6.55. The Morgan fingerprint density at radius 1 is 1.24 bits per heavy atom. The van der Waals surface area contributed by atoms with Crippen molar-refractivity contribution in [2.75, 3.05) is 12.4 Å². The average Bonchev–Trinajstić information content (AvgIpc) is 3.11. The van der Waals surface area contributed by atoms with Gasteiger partial charge in [-0.3, -0.25) is 5.10 Å². The Hall–Kier alpha value is -2.34. The van der Waals surface area contributed by atoms with Crippen LogP contribution in [0.15, 0.2) is 47.2 Å². The van der Waals surface area contributed by atoms with Gasteiger partial charge in [0.05, 0.1) is 17.2 Å². The van der Waals surface area contributed by atoms with Crippen LogP contribution in [-0.2, 0) is 0 Å². The van der Waals surface area contributed by atoms with Crippen LogP contribution in [-0.4, -0.2) is 26.9 Å². The van der Waals surface area contributed by atoms with Crippen LogP contribution in [0.5, 0.6) is 0 Å². The van der Waals surface area contributed by atoms with E-state index < -0.39 is 0 Å². The highest BCUT2D eigenvalue weighted by atomic mass is 79.9. The van der Waals surface area contributed by atoms with E-state index in [1.165, 1.54) is 0 Å². The van der Waals surface area contributed by atoms with Crippen molar-refractivity contribution in [2.45, 2.75) is 0 Å². The van der Waals surface area contributed by atoms with Gasteiger partial charge in [0.1, 0.15) is 5.82 Å². The zero-order valence-corrected chi connectivity index (χ0v) is 12.8. The Balaban J connectivity index is 1.99. The minimum Gasteiger partial charge on any atom is -0.372 e. The largest absolute Gasteiger partial charge is 0.372 e. The SMILES string of the molecule is CNc1cc2cc(-c3c(Br)ccc4[nH]ncc34)ccn2n1. The summed E-state index contributed by atoms with van der Waals surface area (Å²) in [6.45, 7) is 0. The molecule has 0 radical (unpaired) electrons. The monoisotopic (exact) mass is 341 g/mol. The topological polar surface area (TPSA) is 58.0 Å². The summed E-state index contributed by atoms with van der Waals surface area (Å²) < 4.78 is 2.91. The summed E-state index contributed by atoms with van der Waals surface area (Å²) in [6, 6.07) is 10.3. The van der Waals surface area contributed by atoms with Crippen molar-refractivity contribution in [3.8, 4) is 11.1 Å². The maximum absolute atomic E-state index is 4.42. The highest BCUT2D eigenvalue weighted by Crippen LogP contribution is 2.35. The summed E-state index contributed by atoms with van der Waals surface area (Å²) in [7, 11) is 1.87. The first-order valence-corrected chi connectivity index (χ1v) is 7.35. The van der Waals surface area contributed by atoms with E-state index in [9.17, 15) is 0 Å². The third kappa shape index (κ3) is 1.91. The number of halogens is 1. The van der Waals surface area contributed by atoms with E-state index in [0.717, 1.165) is 37.8 Å². The van der Waals surface area contributed by atoms with Gasteiger partial charge in [-0.25, -0.2) is 4.52 Å². The lowest BCUT2D eigenvalue weighted by Crippen LogP contribution is -1.90. The van der Waals surface area contributed by atoms with Crippen LogP contribution in [0.4, 0.5) is 5.82 Å². The number of hydrogen-bond acceptors (Lipinski definition) is 3. The van der Waals surface area contributed by atoms with E-state index >= 15 is 0 Å².